The van der Waals surface area contributed by atoms with Crippen molar-refractivity contribution >= 4 is 15.9 Å². The van der Waals surface area contributed by atoms with Crippen molar-refractivity contribution < 1.29 is 4.39 Å². The predicted molar refractivity (Wildman–Crippen MR) is 78.6 cm³/mol. The van der Waals surface area contributed by atoms with Gasteiger partial charge in [-0.25, -0.2) is 4.39 Å². The highest BCUT2D eigenvalue weighted by Gasteiger charge is 2.15. The minimum Gasteiger partial charge on any atom is -0.313 e. The zero-order valence-electron chi connectivity index (χ0n) is 11.0. The number of aryl methyl sites for hydroxylation is 1. The molecule has 2 aromatic rings. The Morgan fingerprint density at radius 1 is 1.37 bits per heavy atom. The number of nitrogens with one attached hydrogen (secondary N) is 1. The summed E-state index contributed by atoms with van der Waals surface area (Å²) in [6, 6.07) is 7.20. The summed E-state index contributed by atoms with van der Waals surface area (Å²) < 4.78 is 14.6. The maximum Gasteiger partial charge on any atom is 0.127 e. The molecule has 2 nitrogen and oxygen atoms in total. The Morgan fingerprint density at radius 2 is 2.16 bits per heavy atom. The molecule has 0 saturated heterocycles. The van der Waals surface area contributed by atoms with Gasteiger partial charge in [0.15, 0.2) is 0 Å². The van der Waals surface area contributed by atoms with Crippen molar-refractivity contribution in [2.24, 2.45) is 0 Å². The fraction of sp³-hybridized carbons (Fsp3) is 0.267. The van der Waals surface area contributed by atoms with Crippen LogP contribution >= 0.6 is 15.9 Å². The van der Waals surface area contributed by atoms with Gasteiger partial charge in [0.2, 0.25) is 0 Å². The van der Waals surface area contributed by atoms with Crippen LogP contribution < -0.4 is 5.32 Å². The first-order chi connectivity index (χ1) is 9.11. The Kier molecular flexibility index (Phi) is 4.66. The maximum absolute atomic E-state index is 13.9. The van der Waals surface area contributed by atoms with Crippen LogP contribution in [0.3, 0.4) is 0 Å². The number of benzene rings is 1. The Morgan fingerprint density at radius 3 is 2.79 bits per heavy atom. The van der Waals surface area contributed by atoms with E-state index in [4.69, 9.17) is 0 Å². The SMILES string of the molecule is CNC(Cc1ccc(Br)cc1F)c1cnccc1C. The van der Waals surface area contributed by atoms with E-state index in [1.54, 1.807) is 6.20 Å². The van der Waals surface area contributed by atoms with Gasteiger partial charge in [-0.1, -0.05) is 22.0 Å². The fourth-order valence-corrected chi connectivity index (χ4v) is 2.45. The van der Waals surface area contributed by atoms with E-state index in [2.05, 4.69) is 26.2 Å². The summed E-state index contributed by atoms with van der Waals surface area (Å²) in [5.74, 6) is -0.184. The van der Waals surface area contributed by atoms with Gasteiger partial charge >= 0.3 is 0 Å². The molecule has 1 heterocycles. The quantitative estimate of drug-likeness (QED) is 0.926. The van der Waals surface area contributed by atoms with Gasteiger partial charge in [0.1, 0.15) is 5.82 Å². The highest BCUT2D eigenvalue weighted by atomic mass is 79.9. The lowest BCUT2D eigenvalue weighted by atomic mass is 9.97. The first kappa shape index (κ1) is 14.2. The molecule has 1 unspecified atom stereocenters. The number of hydrogen-bond donors (Lipinski definition) is 1. The summed E-state index contributed by atoms with van der Waals surface area (Å²) in [5, 5.41) is 3.23. The molecule has 0 radical (unpaired) electrons. The van der Waals surface area contributed by atoms with Crippen molar-refractivity contribution in [3.8, 4) is 0 Å². The number of aromatic nitrogens is 1. The van der Waals surface area contributed by atoms with E-state index in [0.717, 1.165) is 15.6 Å². The zero-order valence-corrected chi connectivity index (χ0v) is 12.5. The Bertz CT molecular complexity index is 572. The average Bonchev–Trinajstić information content (AvgIpc) is 2.39. The van der Waals surface area contributed by atoms with Crippen molar-refractivity contribution in [1.29, 1.82) is 0 Å². The zero-order chi connectivity index (χ0) is 13.8. The van der Waals surface area contributed by atoms with Gasteiger partial charge < -0.3 is 5.32 Å². The second kappa shape index (κ2) is 6.26. The molecule has 2 rings (SSSR count). The highest BCUT2D eigenvalue weighted by molar-refractivity contribution is 9.10. The third-order valence-corrected chi connectivity index (χ3v) is 3.74. The van der Waals surface area contributed by atoms with E-state index in [1.165, 1.54) is 6.07 Å². The van der Waals surface area contributed by atoms with Gasteiger partial charge in [-0.2, -0.15) is 0 Å². The van der Waals surface area contributed by atoms with Crippen molar-refractivity contribution in [3.63, 3.8) is 0 Å². The molecular formula is C15H16BrFN2. The summed E-state index contributed by atoms with van der Waals surface area (Å²) in [6.45, 7) is 2.04. The van der Waals surface area contributed by atoms with Gasteiger partial charge in [-0.3, -0.25) is 4.98 Å². The van der Waals surface area contributed by atoms with Crippen LogP contribution in [0.15, 0.2) is 41.1 Å². The monoisotopic (exact) mass is 322 g/mol. The van der Waals surface area contributed by atoms with Crippen molar-refractivity contribution in [3.05, 3.63) is 63.6 Å². The van der Waals surface area contributed by atoms with E-state index < -0.39 is 0 Å². The average molecular weight is 323 g/mol. The lowest BCUT2D eigenvalue weighted by Crippen LogP contribution is -2.20. The van der Waals surface area contributed by atoms with Gasteiger partial charge in [0, 0.05) is 22.9 Å². The molecule has 0 fully saturated rings. The number of halogens is 2. The number of hydrogen-bond acceptors (Lipinski definition) is 2. The maximum atomic E-state index is 13.9. The summed E-state index contributed by atoms with van der Waals surface area (Å²) in [6.07, 6.45) is 4.21. The third-order valence-electron chi connectivity index (χ3n) is 3.24. The second-order valence-electron chi connectivity index (χ2n) is 4.51. The van der Waals surface area contributed by atoms with Gasteiger partial charge in [-0.05, 0) is 55.3 Å². The predicted octanol–water partition coefficient (Wildman–Crippen LogP) is 3.79. The van der Waals surface area contributed by atoms with Crippen LogP contribution in [0.1, 0.15) is 22.7 Å². The molecule has 1 aromatic carbocycles. The number of rotatable bonds is 4. The minimum absolute atomic E-state index is 0.0596. The Hall–Kier alpha value is -1.26. The largest absolute Gasteiger partial charge is 0.313 e. The summed E-state index contributed by atoms with van der Waals surface area (Å²) in [5.41, 5.74) is 2.96. The summed E-state index contributed by atoms with van der Waals surface area (Å²) >= 11 is 3.27. The first-order valence-corrected chi connectivity index (χ1v) is 6.93. The molecule has 100 valence electrons. The van der Waals surface area contributed by atoms with Crippen molar-refractivity contribution in [2.75, 3.05) is 7.05 Å². The van der Waals surface area contributed by atoms with E-state index >= 15 is 0 Å². The van der Waals surface area contributed by atoms with Crippen molar-refractivity contribution in [2.45, 2.75) is 19.4 Å². The molecule has 0 saturated carbocycles. The fourth-order valence-electron chi connectivity index (χ4n) is 2.12. The molecule has 0 aliphatic heterocycles. The topological polar surface area (TPSA) is 24.9 Å². The van der Waals surface area contributed by atoms with Crippen LogP contribution in [-0.2, 0) is 6.42 Å². The van der Waals surface area contributed by atoms with Crippen LogP contribution in [-0.4, -0.2) is 12.0 Å². The van der Waals surface area contributed by atoms with E-state index in [0.29, 0.717) is 12.0 Å². The molecule has 0 aliphatic rings. The normalized spacial score (nSPS) is 12.4. The molecule has 1 aromatic heterocycles. The summed E-state index contributed by atoms with van der Waals surface area (Å²) in [4.78, 5) is 4.15. The third kappa shape index (κ3) is 3.39. The number of nitrogens with zero attached hydrogens (tertiary/aromatic N) is 1. The van der Waals surface area contributed by atoms with Crippen LogP contribution in [0.5, 0.6) is 0 Å². The lowest BCUT2D eigenvalue weighted by molar-refractivity contribution is 0.551. The highest BCUT2D eigenvalue weighted by Crippen LogP contribution is 2.23. The molecule has 1 N–H and O–H groups in total. The van der Waals surface area contributed by atoms with Gasteiger partial charge in [0.05, 0.1) is 0 Å². The minimum atomic E-state index is -0.184. The van der Waals surface area contributed by atoms with Gasteiger partial charge in [0.25, 0.3) is 0 Å². The first-order valence-electron chi connectivity index (χ1n) is 6.13. The molecule has 19 heavy (non-hydrogen) atoms. The number of likely N-dealkylation sites (N-methyl/N-ethyl adjacent to an activating group) is 1. The van der Waals surface area contributed by atoms with Crippen LogP contribution in [0.4, 0.5) is 4.39 Å². The molecule has 0 aliphatic carbocycles. The molecule has 0 bridgehead atoms. The van der Waals surface area contributed by atoms with E-state index in [1.807, 2.05) is 38.4 Å². The number of pyridine rings is 1. The molecule has 0 spiro atoms. The van der Waals surface area contributed by atoms with Crippen LogP contribution in [0.25, 0.3) is 0 Å². The molecule has 1 atom stereocenters. The van der Waals surface area contributed by atoms with Gasteiger partial charge in [-0.15, -0.1) is 0 Å². The van der Waals surface area contributed by atoms with Crippen LogP contribution in [0.2, 0.25) is 0 Å². The second-order valence-corrected chi connectivity index (χ2v) is 5.43. The molecule has 4 heteroatoms. The molecular weight excluding hydrogens is 307 g/mol. The Labute approximate surface area is 121 Å². The summed E-state index contributed by atoms with van der Waals surface area (Å²) in [7, 11) is 1.88. The van der Waals surface area contributed by atoms with E-state index in [9.17, 15) is 4.39 Å². The van der Waals surface area contributed by atoms with Crippen molar-refractivity contribution in [1.82, 2.24) is 10.3 Å². The smallest absolute Gasteiger partial charge is 0.127 e. The lowest BCUT2D eigenvalue weighted by Gasteiger charge is -2.18. The Balaban J connectivity index is 2.27. The molecule has 0 amide bonds. The van der Waals surface area contributed by atoms with Crippen LogP contribution in [0, 0.1) is 12.7 Å². The van der Waals surface area contributed by atoms with E-state index in [-0.39, 0.29) is 11.9 Å². The standard InChI is InChI=1S/C15H16BrFN2/c1-10-5-6-19-9-13(10)15(18-2)7-11-3-4-12(16)8-14(11)17/h3-6,8-9,15,18H,7H2,1-2H3.